The topological polar surface area (TPSA) is 39.1 Å². The van der Waals surface area contributed by atoms with E-state index in [4.69, 9.17) is 5.26 Å². The summed E-state index contributed by atoms with van der Waals surface area (Å²) >= 11 is 0. The molecule has 96 valence electrons. The molecule has 0 aromatic heterocycles. The molecule has 1 N–H and O–H groups in total. The highest BCUT2D eigenvalue weighted by molar-refractivity contribution is 4.96. The highest BCUT2D eigenvalue weighted by Crippen LogP contribution is 2.22. The summed E-state index contributed by atoms with van der Waals surface area (Å²) in [4.78, 5) is 2.47. The van der Waals surface area contributed by atoms with E-state index in [1.807, 2.05) is 0 Å². The lowest BCUT2D eigenvalue weighted by Gasteiger charge is -2.31. The fourth-order valence-electron chi connectivity index (χ4n) is 2.76. The minimum Gasteiger partial charge on any atom is -0.303 e. The maximum Gasteiger partial charge on any atom is 0.0967 e. The standard InChI is InChI=1S/C14H25N3/c1-17(14-5-3-2-4-6-14)10-9-13(11-15)16-12-7-8-12/h12-14,16H,2-10H2,1H3. The van der Waals surface area contributed by atoms with Gasteiger partial charge in [0.1, 0.15) is 0 Å². The Morgan fingerprint density at radius 1 is 1.24 bits per heavy atom. The predicted octanol–water partition coefficient (Wildman–Crippen LogP) is 2.29. The highest BCUT2D eigenvalue weighted by Gasteiger charge is 2.25. The zero-order chi connectivity index (χ0) is 12.1. The number of hydrogen-bond acceptors (Lipinski definition) is 3. The molecule has 0 radical (unpaired) electrons. The Balaban J connectivity index is 1.66. The van der Waals surface area contributed by atoms with Gasteiger partial charge in [0, 0.05) is 18.6 Å². The molecule has 0 aromatic carbocycles. The second-order valence-corrected chi connectivity index (χ2v) is 5.68. The van der Waals surface area contributed by atoms with Gasteiger partial charge < -0.3 is 4.90 Å². The van der Waals surface area contributed by atoms with Crippen LogP contribution in [0.1, 0.15) is 51.4 Å². The van der Waals surface area contributed by atoms with E-state index >= 15 is 0 Å². The van der Waals surface area contributed by atoms with Crippen LogP contribution < -0.4 is 5.32 Å². The van der Waals surface area contributed by atoms with Gasteiger partial charge >= 0.3 is 0 Å². The number of rotatable bonds is 6. The zero-order valence-electron chi connectivity index (χ0n) is 11.0. The van der Waals surface area contributed by atoms with Crippen molar-refractivity contribution in [2.24, 2.45) is 0 Å². The lowest BCUT2D eigenvalue weighted by Crippen LogP contribution is -2.38. The molecule has 0 saturated heterocycles. The van der Waals surface area contributed by atoms with Crippen LogP contribution >= 0.6 is 0 Å². The van der Waals surface area contributed by atoms with Gasteiger partial charge in [0.05, 0.1) is 12.1 Å². The smallest absolute Gasteiger partial charge is 0.0967 e. The van der Waals surface area contributed by atoms with Crippen molar-refractivity contribution < 1.29 is 0 Å². The van der Waals surface area contributed by atoms with Crippen LogP contribution in [-0.2, 0) is 0 Å². The molecule has 1 unspecified atom stereocenters. The average Bonchev–Trinajstić information content (AvgIpc) is 3.19. The summed E-state index contributed by atoms with van der Waals surface area (Å²) in [5.74, 6) is 0. The van der Waals surface area contributed by atoms with E-state index in [1.165, 1.54) is 44.9 Å². The molecule has 2 saturated carbocycles. The molecule has 3 heteroatoms. The first-order valence-electron chi connectivity index (χ1n) is 7.15. The van der Waals surface area contributed by atoms with Gasteiger partial charge in [-0.1, -0.05) is 19.3 Å². The Hall–Kier alpha value is -0.590. The molecular weight excluding hydrogens is 210 g/mol. The van der Waals surface area contributed by atoms with Crippen molar-refractivity contribution in [3.05, 3.63) is 0 Å². The summed E-state index contributed by atoms with van der Waals surface area (Å²) in [6, 6.07) is 3.86. The minimum atomic E-state index is 0.0635. The molecule has 17 heavy (non-hydrogen) atoms. The van der Waals surface area contributed by atoms with Crippen molar-refractivity contribution in [3.63, 3.8) is 0 Å². The van der Waals surface area contributed by atoms with E-state index < -0.39 is 0 Å². The van der Waals surface area contributed by atoms with Crippen LogP contribution in [0.2, 0.25) is 0 Å². The first-order chi connectivity index (χ1) is 8.29. The molecule has 2 aliphatic rings. The highest BCUT2D eigenvalue weighted by atomic mass is 15.1. The maximum absolute atomic E-state index is 9.09. The van der Waals surface area contributed by atoms with Crippen molar-refractivity contribution in [2.75, 3.05) is 13.6 Å². The van der Waals surface area contributed by atoms with Crippen molar-refractivity contribution in [2.45, 2.75) is 69.5 Å². The molecule has 2 fully saturated rings. The van der Waals surface area contributed by atoms with Crippen LogP contribution in [0.3, 0.4) is 0 Å². The maximum atomic E-state index is 9.09. The normalized spacial score (nSPS) is 23.6. The third kappa shape index (κ3) is 4.29. The second kappa shape index (κ2) is 6.37. The van der Waals surface area contributed by atoms with E-state index in [0.29, 0.717) is 6.04 Å². The van der Waals surface area contributed by atoms with Crippen LogP contribution in [0.4, 0.5) is 0 Å². The van der Waals surface area contributed by atoms with E-state index in [-0.39, 0.29) is 6.04 Å². The lowest BCUT2D eigenvalue weighted by atomic mass is 9.94. The van der Waals surface area contributed by atoms with Crippen LogP contribution in [0, 0.1) is 11.3 Å². The largest absolute Gasteiger partial charge is 0.303 e. The van der Waals surface area contributed by atoms with E-state index in [1.54, 1.807) is 0 Å². The summed E-state index contributed by atoms with van der Waals surface area (Å²) < 4.78 is 0. The van der Waals surface area contributed by atoms with Gasteiger partial charge in [-0.2, -0.15) is 5.26 Å². The Bertz CT molecular complexity index is 261. The number of hydrogen-bond donors (Lipinski definition) is 1. The van der Waals surface area contributed by atoms with Crippen LogP contribution in [-0.4, -0.2) is 36.6 Å². The zero-order valence-corrected chi connectivity index (χ0v) is 11.0. The molecule has 0 bridgehead atoms. The molecule has 0 amide bonds. The summed E-state index contributed by atoms with van der Waals surface area (Å²) in [7, 11) is 2.22. The van der Waals surface area contributed by atoms with Gasteiger partial charge in [-0.05, 0) is 39.2 Å². The third-order valence-corrected chi connectivity index (χ3v) is 4.14. The van der Waals surface area contributed by atoms with Crippen molar-refractivity contribution >= 4 is 0 Å². The number of nitriles is 1. The van der Waals surface area contributed by atoms with Crippen LogP contribution in [0.25, 0.3) is 0 Å². The monoisotopic (exact) mass is 235 g/mol. The van der Waals surface area contributed by atoms with Crippen LogP contribution in [0.15, 0.2) is 0 Å². The molecule has 0 spiro atoms. The van der Waals surface area contributed by atoms with Gasteiger partial charge in [0.2, 0.25) is 0 Å². The Labute approximate surface area is 105 Å². The van der Waals surface area contributed by atoms with Gasteiger partial charge in [0.25, 0.3) is 0 Å². The molecule has 3 nitrogen and oxygen atoms in total. The summed E-state index contributed by atoms with van der Waals surface area (Å²) in [6.45, 7) is 1.06. The quantitative estimate of drug-likeness (QED) is 0.767. The molecule has 0 aromatic rings. The predicted molar refractivity (Wildman–Crippen MR) is 69.7 cm³/mol. The molecule has 2 aliphatic carbocycles. The van der Waals surface area contributed by atoms with E-state index in [0.717, 1.165) is 19.0 Å². The Morgan fingerprint density at radius 2 is 1.94 bits per heavy atom. The first kappa shape index (κ1) is 12.9. The van der Waals surface area contributed by atoms with E-state index in [2.05, 4.69) is 23.3 Å². The van der Waals surface area contributed by atoms with Crippen molar-refractivity contribution in [3.8, 4) is 6.07 Å². The Morgan fingerprint density at radius 3 is 2.53 bits per heavy atom. The lowest BCUT2D eigenvalue weighted by molar-refractivity contribution is 0.186. The molecule has 2 rings (SSSR count). The summed E-state index contributed by atoms with van der Waals surface area (Å²) in [5.41, 5.74) is 0. The second-order valence-electron chi connectivity index (χ2n) is 5.68. The van der Waals surface area contributed by atoms with Gasteiger partial charge in [-0.3, -0.25) is 5.32 Å². The van der Waals surface area contributed by atoms with Crippen molar-refractivity contribution in [1.29, 1.82) is 5.26 Å². The summed E-state index contributed by atoms with van der Waals surface area (Å²) in [6.07, 6.45) is 10.4. The number of nitrogens with one attached hydrogen (secondary N) is 1. The SMILES string of the molecule is CN(CCC(C#N)NC1CC1)C1CCCCC1. The van der Waals surface area contributed by atoms with Gasteiger partial charge in [-0.25, -0.2) is 0 Å². The minimum absolute atomic E-state index is 0.0635. The Kier molecular flexibility index (Phi) is 4.82. The fourth-order valence-corrected chi connectivity index (χ4v) is 2.76. The number of nitrogens with zero attached hydrogens (tertiary/aromatic N) is 2. The van der Waals surface area contributed by atoms with Gasteiger partial charge in [-0.15, -0.1) is 0 Å². The average molecular weight is 235 g/mol. The molecular formula is C14H25N3. The van der Waals surface area contributed by atoms with E-state index in [9.17, 15) is 0 Å². The first-order valence-corrected chi connectivity index (χ1v) is 7.15. The third-order valence-electron chi connectivity index (χ3n) is 4.14. The fraction of sp³-hybridized carbons (Fsp3) is 0.929. The summed E-state index contributed by atoms with van der Waals surface area (Å²) in [5, 5.41) is 12.5. The van der Waals surface area contributed by atoms with Crippen LogP contribution in [0.5, 0.6) is 0 Å². The molecule has 1 atom stereocenters. The van der Waals surface area contributed by atoms with Crippen molar-refractivity contribution in [1.82, 2.24) is 10.2 Å². The van der Waals surface area contributed by atoms with Gasteiger partial charge in [0.15, 0.2) is 0 Å². The molecule has 0 aliphatic heterocycles. The molecule has 0 heterocycles.